The van der Waals surface area contributed by atoms with Crippen LogP contribution in [0.2, 0.25) is 0 Å². The number of hydrogen-bond acceptors (Lipinski definition) is 2. The summed E-state index contributed by atoms with van der Waals surface area (Å²) in [6, 6.07) is 20.5. The van der Waals surface area contributed by atoms with Crippen LogP contribution in [0.4, 0.5) is 10.1 Å². The van der Waals surface area contributed by atoms with E-state index in [4.69, 9.17) is 4.74 Å². The highest BCUT2D eigenvalue weighted by molar-refractivity contribution is 6.04. The van der Waals surface area contributed by atoms with Crippen molar-refractivity contribution < 1.29 is 13.9 Å². The maximum atomic E-state index is 13.8. The average Bonchev–Trinajstić information content (AvgIpc) is 2.62. The van der Waals surface area contributed by atoms with E-state index < -0.39 is 0 Å². The van der Waals surface area contributed by atoms with Gasteiger partial charge in [0.05, 0.1) is 7.11 Å². The molecule has 1 amide bonds. The molecule has 3 nitrogen and oxygen atoms in total. The van der Waals surface area contributed by atoms with Gasteiger partial charge in [-0.2, -0.15) is 0 Å². The van der Waals surface area contributed by atoms with Crippen LogP contribution in [0.5, 0.6) is 5.75 Å². The second-order valence-corrected chi connectivity index (χ2v) is 5.24. The molecular weight excluding hydrogens is 305 g/mol. The number of anilines is 1. The Hall–Kier alpha value is -3.14. The molecule has 0 saturated heterocycles. The number of ether oxygens (including phenoxy) is 1. The van der Waals surface area contributed by atoms with Crippen molar-refractivity contribution in [1.82, 2.24) is 0 Å². The van der Waals surface area contributed by atoms with Gasteiger partial charge in [-0.1, -0.05) is 36.4 Å². The third kappa shape index (κ3) is 3.43. The highest BCUT2D eigenvalue weighted by Gasteiger charge is 2.08. The third-order valence-corrected chi connectivity index (χ3v) is 3.66. The maximum Gasteiger partial charge on any atom is 0.255 e. The Labute approximate surface area is 139 Å². The minimum atomic E-state index is -0.286. The minimum Gasteiger partial charge on any atom is -0.497 e. The number of methoxy groups -OCH3 is 1. The first-order valence-corrected chi connectivity index (χ1v) is 7.48. The Morgan fingerprint density at radius 2 is 1.71 bits per heavy atom. The quantitative estimate of drug-likeness (QED) is 0.753. The Bertz CT molecular complexity index is 860. The molecule has 3 aromatic rings. The molecule has 0 heterocycles. The molecule has 0 unspecified atom stereocenters. The van der Waals surface area contributed by atoms with Crippen LogP contribution >= 0.6 is 0 Å². The van der Waals surface area contributed by atoms with Gasteiger partial charge in [-0.3, -0.25) is 4.79 Å². The molecule has 0 aromatic heterocycles. The summed E-state index contributed by atoms with van der Waals surface area (Å²) in [7, 11) is 1.57. The molecule has 0 fully saturated rings. The van der Waals surface area contributed by atoms with Gasteiger partial charge in [0.1, 0.15) is 11.6 Å². The molecule has 3 rings (SSSR count). The van der Waals surface area contributed by atoms with Crippen molar-refractivity contribution in [2.45, 2.75) is 0 Å². The predicted molar refractivity (Wildman–Crippen MR) is 92.8 cm³/mol. The summed E-state index contributed by atoms with van der Waals surface area (Å²) in [5, 5.41) is 2.81. The monoisotopic (exact) mass is 321 g/mol. The van der Waals surface area contributed by atoms with Gasteiger partial charge in [0.15, 0.2) is 0 Å². The molecular formula is C20H16FNO2. The lowest BCUT2D eigenvalue weighted by Gasteiger charge is -2.08. The molecule has 1 N–H and O–H groups in total. The smallest absolute Gasteiger partial charge is 0.255 e. The molecule has 0 bridgehead atoms. The zero-order chi connectivity index (χ0) is 16.9. The van der Waals surface area contributed by atoms with Crippen LogP contribution in [0.3, 0.4) is 0 Å². The van der Waals surface area contributed by atoms with E-state index in [1.165, 1.54) is 6.07 Å². The number of carbonyl (C=O) groups is 1. The molecule has 0 atom stereocenters. The zero-order valence-electron chi connectivity index (χ0n) is 13.1. The van der Waals surface area contributed by atoms with E-state index in [-0.39, 0.29) is 11.7 Å². The summed E-state index contributed by atoms with van der Waals surface area (Å²) < 4.78 is 18.9. The van der Waals surface area contributed by atoms with Gasteiger partial charge < -0.3 is 10.1 Å². The summed E-state index contributed by atoms with van der Waals surface area (Å²) in [5.74, 6) is 0.150. The fourth-order valence-electron chi connectivity index (χ4n) is 2.40. The van der Waals surface area contributed by atoms with E-state index in [0.717, 1.165) is 5.56 Å². The van der Waals surface area contributed by atoms with Gasteiger partial charge in [0.25, 0.3) is 5.91 Å². The van der Waals surface area contributed by atoms with Crippen molar-refractivity contribution in [3.05, 3.63) is 84.2 Å². The fraction of sp³-hybridized carbons (Fsp3) is 0.0500. The third-order valence-electron chi connectivity index (χ3n) is 3.66. The van der Waals surface area contributed by atoms with Crippen molar-refractivity contribution in [2.75, 3.05) is 12.4 Å². The van der Waals surface area contributed by atoms with Gasteiger partial charge in [0.2, 0.25) is 0 Å². The Kier molecular flexibility index (Phi) is 4.57. The number of carbonyl (C=O) groups excluding carboxylic acids is 1. The van der Waals surface area contributed by atoms with E-state index in [1.54, 1.807) is 73.8 Å². The molecule has 0 spiro atoms. The van der Waals surface area contributed by atoms with Gasteiger partial charge in [-0.25, -0.2) is 4.39 Å². The van der Waals surface area contributed by atoms with Gasteiger partial charge in [0, 0.05) is 22.9 Å². The van der Waals surface area contributed by atoms with Crippen molar-refractivity contribution in [3.8, 4) is 16.9 Å². The summed E-state index contributed by atoms with van der Waals surface area (Å²) in [5.41, 5.74) is 2.39. The molecule has 0 aliphatic carbocycles. The maximum absolute atomic E-state index is 13.8. The standard InChI is InChI=1S/C20H16FNO2/c1-24-17-6-4-5-16(13-17)22-20(23)15-11-9-14(10-12-15)18-7-2-3-8-19(18)21/h2-13H,1H3,(H,22,23). The van der Waals surface area contributed by atoms with Crippen LogP contribution in [0.1, 0.15) is 10.4 Å². The first-order chi connectivity index (χ1) is 11.7. The van der Waals surface area contributed by atoms with Gasteiger partial charge in [-0.15, -0.1) is 0 Å². The Morgan fingerprint density at radius 3 is 2.42 bits per heavy atom. The van der Waals surface area contributed by atoms with Crippen LogP contribution in [0, 0.1) is 5.82 Å². The number of benzene rings is 3. The van der Waals surface area contributed by atoms with Crippen LogP contribution in [-0.2, 0) is 0 Å². The summed E-state index contributed by atoms with van der Waals surface area (Å²) in [6.07, 6.45) is 0. The van der Waals surface area contributed by atoms with E-state index in [9.17, 15) is 9.18 Å². The SMILES string of the molecule is COc1cccc(NC(=O)c2ccc(-c3ccccc3F)cc2)c1. The van der Waals surface area contributed by atoms with E-state index >= 15 is 0 Å². The normalized spacial score (nSPS) is 10.2. The Balaban J connectivity index is 1.78. The molecule has 0 saturated carbocycles. The summed E-state index contributed by atoms with van der Waals surface area (Å²) in [4.78, 5) is 12.3. The number of rotatable bonds is 4. The summed E-state index contributed by atoms with van der Waals surface area (Å²) in [6.45, 7) is 0. The van der Waals surface area contributed by atoms with Crippen molar-refractivity contribution in [3.63, 3.8) is 0 Å². The molecule has 0 aliphatic heterocycles. The average molecular weight is 321 g/mol. The van der Waals surface area contributed by atoms with Crippen molar-refractivity contribution in [1.29, 1.82) is 0 Å². The molecule has 120 valence electrons. The lowest BCUT2D eigenvalue weighted by molar-refractivity contribution is 0.102. The van der Waals surface area contributed by atoms with Crippen LogP contribution in [-0.4, -0.2) is 13.0 Å². The van der Waals surface area contributed by atoms with Crippen molar-refractivity contribution in [2.24, 2.45) is 0 Å². The minimum absolute atomic E-state index is 0.233. The summed E-state index contributed by atoms with van der Waals surface area (Å²) >= 11 is 0. The molecule has 0 radical (unpaired) electrons. The zero-order valence-corrected chi connectivity index (χ0v) is 13.1. The predicted octanol–water partition coefficient (Wildman–Crippen LogP) is 4.75. The number of amides is 1. The number of hydrogen-bond donors (Lipinski definition) is 1. The van der Waals surface area contributed by atoms with Crippen LogP contribution in [0.15, 0.2) is 72.8 Å². The largest absolute Gasteiger partial charge is 0.497 e. The fourth-order valence-corrected chi connectivity index (χ4v) is 2.40. The lowest BCUT2D eigenvalue weighted by atomic mass is 10.0. The first kappa shape index (κ1) is 15.7. The Morgan fingerprint density at radius 1 is 0.958 bits per heavy atom. The van der Waals surface area contributed by atoms with E-state index in [1.807, 2.05) is 0 Å². The lowest BCUT2D eigenvalue weighted by Crippen LogP contribution is -2.11. The van der Waals surface area contributed by atoms with Crippen LogP contribution in [0.25, 0.3) is 11.1 Å². The number of nitrogens with one attached hydrogen (secondary N) is 1. The molecule has 24 heavy (non-hydrogen) atoms. The highest BCUT2D eigenvalue weighted by atomic mass is 19.1. The molecule has 0 aliphatic rings. The second kappa shape index (κ2) is 6.96. The topological polar surface area (TPSA) is 38.3 Å². The highest BCUT2D eigenvalue weighted by Crippen LogP contribution is 2.23. The molecule has 4 heteroatoms. The van der Waals surface area contributed by atoms with Crippen molar-refractivity contribution >= 4 is 11.6 Å². The van der Waals surface area contributed by atoms with Crippen LogP contribution < -0.4 is 10.1 Å². The first-order valence-electron chi connectivity index (χ1n) is 7.48. The van der Waals surface area contributed by atoms with E-state index in [0.29, 0.717) is 22.6 Å². The van der Waals surface area contributed by atoms with Gasteiger partial charge in [-0.05, 0) is 35.9 Å². The molecule has 3 aromatic carbocycles. The van der Waals surface area contributed by atoms with Gasteiger partial charge >= 0.3 is 0 Å². The second-order valence-electron chi connectivity index (χ2n) is 5.24. The van der Waals surface area contributed by atoms with E-state index in [2.05, 4.69) is 5.32 Å². The number of halogens is 1.